The molecule has 2 N–H and O–H groups in total. The lowest BCUT2D eigenvalue weighted by molar-refractivity contribution is -0.384. The zero-order chi connectivity index (χ0) is 13.1. The number of hydrogen-bond donors (Lipinski definition) is 2. The van der Waals surface area contributed by atoms with Crippen LogP contribution in [0, 0.1) is 21.4 Å². The number of hydrogen-bond acceptors (Lipinski definition) is 6. The van der Waals surface area contributed by atoms with E-state index in [0.29, 0.717) is 6.54 Å². The van der Waals surface area contributed by atoms with Gasteiger partial charge in [-0.25, -0.2) is 4.98 Å². The van der Waals surface area contributed by atoms with Crippen LogP contribution in [0.1, 0.15) is 12.0 Å². The van der Waals surface area contributed by atoms with Gasteiger partial charge in [0.2, 0.25) is 11.7 Å². The van der Waals surface area contributed by atoms with E-state index in [-0.39, 0.29) is 35.4 Å². The summed E-state index contributed by atoms with van der Waals surface area (Å²) >= 11 is 0. The fraction of sp³-hybridized carbons (Fsp3) is 0.300. The zero-order valence-electron chi connectivity index (χ0n) is 9.21. The number of pyridine rings is 1. The number of aromatic nitrogens is 1. The van der Waals surface area contributed by atoms with Crippen LogP contribution in [0.4, 0.5) is 11.5 Å². The summed E-state index contributed by atoms with van der Waals surface area (Å²) in [7, 11) is 0. The first-order valence-electron chi connectivity index (χ1n) is 5.18. The van der Waals surface area contributed by atoms with Gasteiger partial charge in [0.15, 0.2) is 0 Å². The Labute approximate surface area is 102 Å². The molecule has 0 aromatic carbocycles. The summed E-state index contributed by atoms with van der Waals surface area (Å²) in [4.78, 5) is 25.2. The minimum Gasteiger partial charge on any atom is -0.359 e. The summed E-state index contributed by atoms with van der Waals surface area (Å²) in [6.07, 6.45) is 1.55. The molecule has 8 nitrogen and oxygen atoms in total. The molecular weight excluding hydrogens is 238 g/mol. The highest BCUT2D eigenvalue weighted by atomic mass is 16.6. The molecule has 92 valence electrons. The largest absolute Gasteiger partial charge is 0.359 e. The Kier molecular flexibility index (Phi) is 3.05. The van der Waals surface area contributed by atoms with Crippen molar-refractivity contribution in [2.24, 2.45) is 0 Å². The van der Waals surface area contributed by atoms with Gasteiger partial charge >= 0.3 is 5.69 Å². The minimum absolute atomic E-state index is 0.0144. The van der Waals surface area contributed by atoms with Crippen molar-refractivity contribution in [3.63, 3.8) is 0 Å². The van der Waals surface area contributed by atoms with Crippen LogP contribution in [0.5, 0.6) is 0 Å². The van der Waals surface area contributed by atoms with E-state index in [0.717, 1.165) is 0 Å². The predicted molar refractivity (Wildman–Crippen MR) is 60.6 cm³/mol. The molecule has 1 fully saturated rings. The molecule has 1 saturated heterocycles. The SMILES string of the molecule is N#Cc1ccnc(NC2CNC(=O)C2)c1[N+](=O)[O-]. The Hall–Kier alpha value is -2.69. The van der Waals surface area contributed by atoms with Gasteiger partial charge in [0.25, 0.3) is 0 Å². The molecule has 1 aromatic rings. The lowest BCUT2D eigenvalue weighted by Gasteiger charge is -2.11. The van der Waals surface area contributed by atoms with Gasteiger partial charge < -0.3 is 10.6 Å². The van der Waals surface area contributed by atoms with Gasteiger partial charge in [-0.1, -0.05) is 0 Å². The van der Waals surface area contributed by atoms with Crippen molar-refractivity contribution < 1.29 is 9.72 Å². The Morgan fingerprint density at radius 2 is 2.44 bits per heavy atom. The third kappa shape index (κ3) is 2.20. The normalized spacial score (nSPS) is 17.9. The summed E-state index contributed by atoms with van der Waals surface area (Å²) in [6.45, 7) is 0.383. The van der Waals surface area contributed by atoms with Crippen LogP contribution >= 0.6 is 0 Å². The third-order valence-corrected chi connectivity index (χ3v) is 2.55. The Morgan fingerprint density at radius 1 is 1.67 bits per heavy atom. The van der Waals surface area contributed by atoms with E-state index in [1.54, 1.807) is 6.07 Å². The van der Waals surface area contributed by atoms with E-state index in [2.05, 4.69) is 15.6 Å². The molecule has 0 spiro atoms. The average molecular weight is 247 g/mol. The number of carbonyl (C=O) groups is 1. The predicted octanol–water partition coefficient (Wildman–Crippen LogP) is 0.162. The van der Waals surface area contributed by atoms with E-state index < -0.39 is 4.92 Å². The van der Waals surface area contributed by atoms with Crippen LogP contribution in [0.2, 0.25) is 0 Å². The molecule has 1 aromatic heterocycles. The van der Waals surface area contributed by atoms with Gasteiger partial charge in [-0.3, -0.25) is 14.9 Å². The summed E-state index contributed by atoms with van der Waals surface area (Å²) in [5.74, 6) is -0.104. The first-order valence-corrected chi connectivity index (χ1v) is 5.18. The molecule has 0 aliphatic carbocycles. The van der Waals surface area contributed by atoms with E-state index in [9.17, 15) is 14.9 Å². The monoisotopic (exact) mass is 247 g/mol. The lowest BCUT2D eigenvalue weighted by Crippen LogP contribution is -2.23. The smallest absolute Gasteiger partial charge is 0.328 e. The highest BCUT2D eigenvalue weighted by molar-refractivity contribution is 5.80. The Bertz CT molecular complexity index is 551. The molecule has 0 saturated carbocycles. The van der Waals surface area contributed by atoms with Crippen molar-refractivity contribution in [3.05, 3.63) is 27.9 Å². The number of amides is 1. The second-order valence-electron chi connectivity index (χ2n) is 3.77. The molecule has 8 heteroatoms. The van der Waals surface area contributed by atoms with E-state index >= 15 is 0 Å². The standard InChI is InChI=1S/C10H9N5O3/c11-4-6-1-2-12-10(9(6)15(17)18)14-7-3-8(16)13-5-7/h1-2,7H,3,5H2,(H,12,14)(H,13,16). The summed E-state index contributed by atoms with van der Waals surface area (Å²) < 4.78 is 0. The molecule has 1 aliphatic rings. The highest BCUT2D eigenvalue weighted by Crippen LogP contribution is 2.26. The van der Waals surface area contributed by atoms with Gasteiger partial charge in [-0.05, 0) is 6.07 Å². The minimum atomic E-state index is -0.655. The fourth-order valence-corrected chi connectivity index (χ4v) is 1.74. The Balaban J connectivity index is 2.30. The van der Waals surface area contributed by atoms with Gasteiger partial charge in [0.1, 0.15) is 11.6 Å². The van der Waals surface area contributed by atoms with Crippen molar-refractivity contribution >= 4 is 17.4 Å². The number of nitrogens with one attached hydrogen (secondary N) is 2. The summed E-state index contributed by atoms with van der Waals surface area (Å²) in [6, 6.07) is 2.77. The molecule has 1 unspecified atom stereocenters. The van der Waals surface area contributed by atoms with E-state index in [1.165, 1.54) is 12.3 Å². The van der Waals surface area contributed by atoms with Crippen LogP contribution in [-0.4, -0.2) is 28.4 Å². The van der Waals surface area contributed by atoms with Crippen molar-refractivity contribution in [2.45, 2.75) is 12.5 Å². The third-order valence-electron chi connectivity index (χ3n) is 2.55. The molecule has 1 amide bonds. The zero-order valence-corrected chi connectivity index (χ0v) is 9.21. The van der Waals surface area contributed by atoms with Gasteiger partial charge in [-0.15, -0.1) is 0 Å². The van der Waals surface area contributed by atoms with Crippen molar-refractivity contribution in [3.8, 4) is 6.07 Å². The van der Waals surface area contributed by atoms with Crippen molar-refractivity contribution in [1.29, 1.82) is 5.26 Å². The Morgan fingerprint density at radius 3 is 3.00 bits per heavy atom. The number of nitriles is 1. The maximum absolute atomic E-state index is 11.0. The molecule has 0 bridgehead atoms. The van der Waals surface area contributed by atoms with Gasteiger partial charge in [0, 0.05) is 19.2 Å². The highest BCUT2D eigenvalue weighted by Gasteiger charge is 2.27. The number of anilines is 1. The molecule has 2 heterocycles. The maximum Gasteiger partial charge on any atom is 0.328 e. The molecule has 18 heavy (non-hydrogen) atoms. The van der Waals surface area contributed by atoms with Gasteiger partial charge in [-0.2, -0.15) is 5.26 Å². The van der Waals surface area contributed by atoms with E-state index in [1.807, 2.05) is 0 Å². The second kappa shape index (κ2) is 4.67. The van der Waals surface area contributed by atoms with Crippen LogP contribution in [0.3, 0.4) is 0 Å². The van der Waals surface area contributed by atoms with Crippen LogP contribution in [-0.2, 0) is 4.79 Å². The van der Waals surface area contributed by atoms with Crippen molar-refractivity contribution in [2.75, 3.05) is 11.9 Å². The van der Waals surface area contributed by atoms with Crippen LogP contribution < -0.4 is 10.6 Å². The first-order chi connectivity index (χ1) is 8.61. The first kappa shape index (κ1) is 11.8. The van der Waals surface area contributed by atoms with E-state index in [4.69, 9.17) is 5.26 Å². The summed E-state index contributed by atoms with van der Waals surface area (Å²) in [5.41, 5.74) is -0.422. The topological polar surface area (TPSA) is 121 Å². The average Bonchev–Trinajstić information content (AvgIpc) is 2.74. The number of rotatable bonds is 3. The van der Waals surface area contributed by atoms with Gasteiger partial charge in [0.05, 0.1) is 11.0 Å². The quantitative estimate of drug-likeness (QED) is 0.579. The number of nitro groups is 1. The molecule has 0 radical (unpaired) electrons. The second-order valence-corrected chi connectivity index (χ2v) is 3.77. The maximum atomic E-state index is 11.0. The van der Waals surface area contributed by atoms with Crippen LogP contribution in [0.15, 0.2) is 12.3 Å². The van der Waals surface area contributed by atoms with Crippen molar-refractivity contribution in [1.82, 2.24) is 10.3 Å². The number of nitrogens with zero attached hydrogens (tertiary/aromatic N) is 3. The fourth-order valence-electron chi connectivity index (χ4n) is 1.74. The molecule has 2 rings (SSSR count). The lowest BCUT2D eigenvalue weighted by atomic mass is 10.2. The van der Waals surface area contributed by atoms with Crippen LogP contribution in [0.25, 0.3) is 0 Å². The number of carbonyl (C=O) groups excluding carboxylic acids is 1. The summed E-state index contributed by atoms with van der Waals surface area (Å²) in [5, 5.41) is 25.2. The molecule has 1 aliphatic heterocycles. The molecular formula is C10H9N5O3. The molecule has 1 atom stereocenters.